The Morgan fingerprint density at radius 2 is 2.29 bits per heavy atom. The third kappa shape index (κ3) is 4.00. The lowest BCUT2D eigenvalue weighted by Crippen LogP contribution is -2.05. The number of benzene rings is 1. The van der Waals surface area contributed by atoms with Crippen molar-refractivity contribution in [3.63, 3.8) is 0 Å². The Morgan fingerprint density at radius 3 is 2.94 bits per heavy atom. The average molecular weight is 237 g/mol. The van der Waals surface area contributed by atoms with E-state index in [1.165, 1.54) is 25.3 Å². The molecule has 0 unspecified atom stereocenters. The van der Waals surface area contributed by atoms with Gasteiger partial charge in [-0.25, -0.2) is 9.18 Å². The summed E-state index contributed by atoms with van der Waals surface area (Å²) in [5.74, 6) is -0.812. The number of methoxy groups -OCH3 is 1. The van der Waals surface area contributed by atoms with E-state index in [0.717, 1.165) is 13.0 Å². The molecule has 1 N–H and O–H groups in total. The molecule has 0 saturated carbocycles. The third-order valence-electron chi connectivity index (χ3n) is 2.28. The summed E-state index contributed by atoms with van der Waals surface area (Å²) < 4.78 is 18.0. The number of hydrogen-bond acceptors (Lipinski definition) is 3. The van der Waals surface area contributed by atoms with Crippen LogP contribution in [0.15, 0.2) is 24.3 Å². The van der Waals surface area contributed by atoms with Gasteiger partial charge in [0.05, 0.1) is 12.7 Å². The maximum absolute atomic E-state index is 13.4. The molecule has 4 heteroatoms. The van der Waals surface area contributed by atoms with Crippen LogP contribution >= 0.6 is 0 Å². The highest BCUT2D eigenvalue weighted by molar-refractivity contribution is 5.90. The van der Waals surface area contributed by atoms with Crippen LogP contribution in [0.25, 0.3) is 6.08 Å². The van der Waals surface area contributed by atoms with Gasteiger partial charge in [-0.05, 0) is 38.2 Å². The van der Waals surface area contributed by atoms with Crippen molar-refractivity contribution in [3.8, 4) is 0 Å². The third-order valence-corrected chi connectivity index (χ3v) is 2.28. The molecular formula is C13H16FNO2. The Labute approximate surface area is 100 Å². The largest absolute Gasteiger partial charge is 0.465 e. The molecule has 0 spiro atoms. The maximum atomic E-state index is 13.4. The van der Waals surface area contributed by atoms with Crippen molar-refractivity contribution in [2.75, 3.05) is 20.7 Å². The van der Waals surface area contributed by atoms with Gasteiger partial charge < -0.3 is 10.1 Å². The van der Waals surface area contributed by atoms with Crippen molar-refractivity contribution < 1.29 is 13.9 Å². The van der Waals surface area contributed by atoms with Crippen LogP contribution in [0.4, 0.5) is 4.39 Å². The second-order valence-corrected chi connectivity index (χ2v) is 3.52. The Morgan fingerprint density at radius 1 is 1.53 bits per heavy atom. The molecule has 1 aromatic carbocycles. The summed E-state index contributed by atoms with van der Waals surface area (Å²) in [6.07, 6.45) is 4.33. The first-order chi connectivity index (χ1) is 8.19. The quantitative estimate of drug-likeness (QED) is 0.630. The highest BCUT2D eigenvalue weighted by Gasteiger charge is 2.07. The number of esters is 1. The molecule has 0 aliphatic carbocycles. The van der Waals surface area contributed by atoms with Gasteiger partial charge in [-0.1, -0.05) is 12.2 Å². The topological polar surface area (TPSA) is 38.3 Å². The molecule has 0 aliphatic rings. The summed E-state index contributed by atoms with van der Waals surface area (Å²) in [4.78, 5) is 11.3. The van der Waals surface area contributed by atoms with E-state index in [1.807, 2.05) is 13.1 Å². The van der Waals surface area contributed by atoms with Crippen molar-refractivity contribution in [2.45, 2.75) is 6.42 Å². The summed E-state index contributed by atoms with van der Waals surface area (Å²) in [6.45, 7) is 0.828. The summed E-state index contributed by atoms with van der Waals surface area (Å²) in [5.41, 5.74) is 0.742. The van der Waals surface area contributed by atoms with E-state index >= 15 is 0 Å². The van der Waals surface area contributed by atoms with Gasteiger partial charge >= 0.3 is 5.97 Å². The summed E-state index contributed by atoms with van der Waals surface area (Å²) in [6, 6.07) is 4.16. The Bertz CT molecular complexity index is 416. The van der Waals surface area contributed by atoms with E-state index in [4.69, 9.17) is 0 Å². The zero-order chi connectivity index (χ0) is 12.7. The van der Waals surface area contributed by atoms with Crippen LogP contribution < -0.4 is 5.32 Å². The number of nitrogens with one attached hydrogen (secondary N) is 1. The number of rotatable bonds is 5. The zero-order valence-electron chi connectivity index (χ0n) is 10.00. The molecule has 0 aliphatic heterocycles. The predicted molar refractivity (Wildman–Crippen MR) is 65.3 cm³/mol. The van der Waals surface area contributed by atoms with Crippen LogP contribution in [-0.4, -0.2) is 26.7 Å². The molecule has 1 rings (SSSR count). The lowest BCUT2D eigenvalue weighted by Gasteiger charge is -2.02. The van der Waals surface area contributed by atoms with Crippen LogP contribution in [0.1, 0.15) is 22.3 Å². The van der Waals surface area contributed by atoms with Crippen molar-refractivity contribution in [1.29, 1.82) is 0 Å². The normalized spacial score (nSPS) is 10.8. The Balaban J connectivity index is 2.83. The van der Waals surface area contributed by atoms with Gasteiger partial charge in [0.25, 0.3) is 0 Å². The first-order valence-corrected chi connectivity index (χ1v) is 5.38. The van der Waals surface area contributed by atoms with E-state index in [9.17, 15) is 9.18 Å². The lowest BCUT2D eigenvalue weighted by molar-refractivity contribution is 0.0600. The molecule has 0 atom stereocenters. The van der Waals surface area contributed by atoms with Crippen molar-refractivity contribution in [2.24, 2.45) is 0 Å². The fourth-order valence-electron chi connectivity index (χ4n) is 1.35. The molecule has 0 amide bonds. The second-order valence-electron chi connectivity index (χ2n) is 3.52. The van der Waals surface area contributed by atoms with Gasteiger partial charge in [0.2, 0.25) is 0 Å². The number of hydrogen-bond donors (Lipinski definition) is 1. The molecule has 0 heterocycles. The minimum absolute atomic E-state index is 0.349. The summed E-state index contributed by atoms with van der Waals surface area (Å²) in [7, 11) is 3.15. The van der Waals surface area contributed by atoms with Gasteiger partial charge in [0.1, 0.15) is 5.82 Å². The SMILES string of the molecule is CNCCC=Cc1cc(C(=O)OC)ccc1F. The van der Waals surface area contributed by atoms with Crippen LogP contribution in [0.3, 0.4) is 0 Å². The minimum Gasteiger partial charge on any atom is -0.465 e. The van der Waals surface area contributed by atoms with Gasteiger partial charge in [-0.2, -0.15) is 0 Å². The van der Waals surface area contributed by atoms with Gasteiger partial charge in [0.15, 0.2) is 0 Å². The van der Waals surface area contributed by atoms with Crippen LogP contribution in [-0.2, 0) is 4.74 Å². The predicted octanol–water partition coefficient (Wildman–Crippen LogP) is 2.24. The molecule has 0 radical (unpaired) electrons. The molecule has 0 fully saturated rings. The van der Waals surface area contributed by atoms with E-state index in [1.54, 1.807) is 6.08 Å². The molecule has 92 valence electrons. The van der Waals surface area contributed by atoms with Crippen molar-refractivity contribution in [1.82, 2.24) is 5.32 Å². The maximum Gasteiger partial charge on any atom is 0.337 e. The zero-order valence-corrected chi connectivity index (χ0v) is 10.00. The number of carbonyl (C=O) groups excluding carboxylic acids is 1. The van der Waals surface area contributed by atoms with Gasteiger partial charge in [-0.3, -0.25) is 0 Å². The van der Waals surface area contributed by atoms with E-state index in [2.05, 4.69) is 10.1 Å². The summed E-state index contributed by atoms with van der Waals surface area (Å²) >= 11 is 0. The second kappa shape index (κ2) is 6.81. The first kappa shape index (κ1) is 13.4. The summed E-state index contributed by atoms with van der Waals surface area (Å²) in [5, 5.41) is 2.99. The van der Waals surface area contributed by atoms with E-state index < -0.39 is 5.97 Å². The molecular weight excluding hydrogens is 221 g/mol. The smallest absolute Gasteiger partial charge is 0.337 e. The number of halogens is 1. The van der Waals surface area contributed by atoms with Crippen LogP contribution in [0, 0.1) is 5.82 Å². The number of ether oxygens (including phenoxy) is 1. The molecule has 0 bridgehead atoms. The standard InChI is InChI=1S/C13H16FNO2/c1-15-8-4-3-5-10-9-11(13(16)17-2)6-7-12(10)14/h3,5-7,9,15H,4,8H2,1-2H3. The lowest BCUT2D eigenvalue weighted by atomic mass is 10.1. The molecule has 3 nitrogen and oxygen atoms in total. The van der Waals surface area contributed by atoms with Crippen LogP contribution in [0.5, 0.6) is 0 Å². The van der Waals surface area contributed by atoms with E-state index in [0.29, 0.717) is 11.1 Å². The fraction of sp³-hybridized carbons (Fsp3) is 0.308. The van der Waals surface area contributed by atoms with Crippen LogP contribution in [0.2, 0.25) is 0 Å². The minimum atomic E-state index is -0.463. The van der Waals surface area contributed by atoms with Gasteiger partial charge in [-0.15, -0.1) is 0 Å². The van der Waals surface area contributed by atoms with Gasteiger partial charge in [0, 0.05) is 5.56 Å². The van der Waals surface area contributed by atoms with E-state index in [-0.39, 0.29) is 5.82 Å². The number of carbonyl (C=O) groups is 1. The highest BCUT2D eigenvalue weighted by atomic mass is 19.1. The molecule has 0 saturated heterocycles. The molecule has 1 aromatic rings. The molecule has 17 heavy (non-hydrogen) atoms. The average Bonchev–Trinajstić information content (AvgIpc) is 2.35. The monoisotopic (exact) mass is 237 g/mol. The van der Waals surface area contributed by atoms with Crippen molar-refractivity contribution >= 4 is 12.0 Å². The van der Waals surface area contributed by atoms with Crippen molar-refractivity contribution in [3.05, 3.63) is 41.2 Å². The highest BCUT2D eigenvalue weighted by Crippen LogP contribution is 2.13. The fourth-order valence-corrected chi connectivity index (χ4v) is 1.35. The Hall–Kier alpha value is -1.68. The molecule has 0 aromatic heterocycles. The Kier molecular flexibility index (Phi) is 5.36. The first-order valence-electron chi connectivity index (χ1n) is 5.38.